The molecule has 0 aliphatic rings. The van der Waals surface area contributed by atoms with Crippen LogP contribution in [0.2, 0.25) is 0 Å². The van der Waals surface area contributed by atoms with E-state index in [0.29, 0.717) is 5.82 Å². The minimum atomic E-state index is 0.660. The van der Waals surface area contributed by atoms with Crippen LogP contribution in [-0.2, 0) is 0 Å². The summed E-state index contributed by atoms with van der Waals surface area (Å²) < 4.78 is 0. The van der Waals surface area contributed by atoms with E-state index >= 15 is 0 Å². The molecule has 0 saturated heterocycles. The van der Waals surface area contributed by atoms with Crippen LogP contribution < -0.4 is 10.3 Å². The number of fused-ring (bicyclic) bond motifs is 1. The molecule has 0 bridgehead atoms. The van der Waals surface area contributed by atoms with E-state index in [-0.39, 0.29) is 0 Å². The molecule has 3 aromatic rings. The first-order valence-electron chi connectivity index (χ1n) is 9.16. The Hall–Kier alpha value is -2.95. The first-order chi connectivity index (χ1) is 12.8. The van der Waals surface area contributed by atoms with Crippen molar-refractivity contribution in [1.29, 1.82) is 0 Å². The summed E-state index contributed by atoms with van der Waals surface area (Å²) in [4.78, 5) is 2.42. The Kier molecular flexibility index (Phi) is 6.14. The van der Waals surface area contributed by atoms with Gasteiger partial charge < -0.3 is 4.90 Å². The molecular weight excluding hydrogens is 322 g/mol. The Labute approximate surface area is 154 Å². The van der Waals surface area contributed by atoms with Crippen LogP contribution in [0.4, 0.5) is 11.5 Å². The van der Waals surface area contributed by atoms with Gasteiger partial charge in [0.15, 0.2) is 5.82 Å². The average molecular weight is 347 g/mol. The van der Waals surface area contributed by atoms with Gasteiger partial charge >= 0.3 is 0 Å². The smallest absolute Gasteiger partial charge is 0.176 e. The van der Waals surface area contributed by atoms with Gasteiger partial charge in [0.05, 0.1) is 12.4 Å². The summed E-state index contributed by atoms with van der Waals surface area (Å²) in [6.45, 7) is 6.60. The van der Waals surface area contributed by atoms with Crippen molar-refractivity contribution in [1.82, 2.24) is 10.2 Å². The predicted octanol–water partition coefficient (Wildman–Crippen LogP) is 4.70. The summed E-state index contributed by atoms with van der Waals surface area (Å²) >= 11 is 0. The normalized spacial score (nSPS) is 11.2. The fourth-order valence-corrected chi connectivity index (χ4v) is 2.96. The number of benzene rings is 2. The zero-order valence-electron chi connectivity index (χ0n) is 15.4. The maximum absolute atomic E-state index is 4.32. The molecular formula is C21H25N5. The van der Waals surface area contributed by atoms with Gasteiger partial charge in [-0.25, -0.2) is 0 Å². The van der Waals surface area contributed by atoms with Crippen molar-refractivity contribution in [2.45, 2.75) is 26.7 Å². The van der Waals surface area contributed by atoms with Gasteiger partial charge in [0.2, 0.25) is 0 Å². The fourth-order valence-electron chi connectivity index (χ4n) is 2.96. The molecule has 0 spiro atoms. The molecule has 3 rings (SSSR count). The van der Waals surface area contributed by atoms with Crippen molar-refractivity contribution in [2.24, 2.45) is 5.10 Å². The van der Waals surface area contributed by atoms with Gasteiger partial charge in [0.25, 0.3) is 0 Å². The topological polar surface area (TPSA) is 53.4 Å². The van der Waals surface area contributed by atoms with Crippen molar-refractivity contribution in [3.05, 3.63) is 60.3 Å². The fraction of sp³-hybridized carbons (Fsp3) is 0.286. The summed E-state index contributed by atoms with van der Waals surface area (Å²) in [5.74, 6) is 0.660. The van der Waals surface area contributed by atoms with E-state index < -0.39 is 0 Å². The molecule has 5 nitrogen and oxygen atoms in total. The van der Waals surface area contributed by atoms with Crippen LogP contribution in [0.5, 0.6) is 0 Å². The van der Waals surface area contributed by atoms with E-state index in [9.17, 15) is 0 Å². The third-order valence-corrected chi connectivity index (χ3v) is 4.20. The van der Waals surface area contributed by atoms with Crippen molar-refractivity contribution < 1.29 is 0 Å². The van der Waals surface area contributed by atoms with E-state index in [1.165, 1.54) is 5.69 Å². The molecule has 5 heteroatoms. The zero-order valence-corrected chi connectivity index (χ0v) is 15.4. The summed E-state index contributed by atoms with van der Waals surface area (Å²) in [5.41, 5.74) is 5.31. The number of hydrazone groups is 1. The van der Waals surface area contributed by atoms with Crippen LogP contribution in [0.15, 0.2) is 59.8 Å². The summed E-state index contributed by atoms with van der Waals surface area (Å²) in [5, 5.41) is 14.5. The lowest BCUT2D eigenvalue weighted by Gasteiger charge is -2.23. The molecule has 0 amide bonds. The molecule has 0 unspecified atom stereocenters. The minimum Gasteiger partial charge on any atom is -0.372 e. The number of nitrogens with zero attached hydrogens (tertiary/aromatic N) is 4. The molecule has 0 aliphatic heterocycles. The highest BCUT2D eigenvalue weighted by atomic mass is 15.3. The Balaban J connectivity index is 1.68. The Bertz CT molecular complexity index is 846. The van der Waals surface area contributed by atoms with Crippen LogP contribution in [0.25, 0.3) is 10.8 Å². The predicted molar refractivity (Wildman–Crippen MR) is 110 cm³/mol. The largest absolute Gasteiger partial charge is 0.372 e. The number of nitrogens with one attached hydrogen (secondary N) is 1. The molecule has 26 heavy (non-hydrogen) atoms. The van der Waals surface area contributed by atoms with Gasteiger partial charge in [0.1, 0.15) is 0 Å². The first-order valence-corrected chi connectivity index (χ1v) is 9.16. The highest BCUT2D eigenvalue weighted by molar-refractivity contribution is 5.91. The molecule has 0 fully saturated rings. The second kappa shape index (κ2) is 8.94. The van der Waals surface area contributed by atoms with E-state index in [1.54, 1.807) is 12.4 Å². The number of anilines is 2. The average Bonchev–Trinajstić information content (AvgIpc) is 2.69. The van der Waals surface area contributed by atoms with Crippen LogP contribution in [0.1, 0.15) is 32.3 Å². The standard InChI is InChI=1S/C21H25N5/c1-3-13-26(14-4-2)19-11-9-17(10-12-19)15-22-24-21-20-8-6-5-7-18(20)16-23-25-21/h5-12,15-16H,3-4,13-14H2,1-2H3,(H,24,25)/b22-15-. The lowest BCUT2D eigenvalue weighted by atomic mass is 10.2. The molecule has 134 valence electrons. The van der Waals surface area contributed by atoms with Gasteiger partial charge in [-0.1, -0.05) is 50.2 Å². The quantitative estimate of drug-likeness (QED) is 0.474. The van der Waals surface area contributed by atoms with Gasteiger partial charge in [-0.2, -0.15) is 10.2 Å². The third kappa shape index (κ3) is 4.36. The summed E-state index contributed by atoms with van der Waals surface area (Å²) in [7, 11) is 0. The number of rotatable bonds is 8. The monoisotopic (exact) mass is 347 g/mol. The zero-order chi connectivity index (χ0) is 18.2. The van der Waals surface area contributed by atoms with Crippen LogP contribution in [0.3, 0.4) is 0 Å². The van der Waals surface area contributed by atoms with Gasteiger partial charge in [-0.3, -0.25) is 5.43 Å². The van der Waals surface area contributed by atoms with Crippen LogP contribution in [0, 0.1) is 0 Å². The minimum absolute atomic E-state index is 0.660. The molecule has 0 atom stereocenters. The van der Waals surface area contributed by atoms with Crippen LogP contribution >= 0.6 is 0 Å². The van der Waals surface area contributed by atoms with Crippen LogP contribution in [-0.4, -0.2) is 29.5 Å². The number of aromatic nitrogens is 2. The summed E-state index contributed by atoms with van der Waals surface area (Å²) in [6.07, 6.45) is 5.86. The third-order valence-electron chi connectivity index (χ3n) is 4.20. The van der Waals surface area contributed by atoms with Crippen molar-refractivity contribution in [2.75, 3.05) is 23.4 Å². The van der Waals surface area contributed by atoms with Gasteiger partial charge in [-0.15, -0.1) is 5.10 Å². The molecule has 0 saturated carbocycles. The van der Waals surface area contributed by atoms with E-state index in [4.69, 9.17) is 0 Å². The van der Waals surface area contributed by atoms with Gasteiger partial charge in [0, 0.05) is 29.5 Å². The highest BCUT2D eigenvalue weighted by Gasteiger charge is 2.04. The van der Waals surface area contributed by atoms with Crippen molar-refractivity contribution in [3.8, 4) is 0 Å². The molecule has 0 aliphatic carbocycles. The van der Waals surface area contributed by atoms with E-state index in [0.717, 1.165) is 42.3 Å². The van der Waals surface area contributed by atoms with E-state index in [2.05, 4.69) is 63.7 Å². The second-order valence-corrected chi connectivity index (χ2v) is 6.23. The molecule has 1 heterocycles. The molecule has 1 aromatic heterocycles. The maximum atomic E-state index is 4.32. The number of hydrogen-bond donors (Lipinski definition) is 1. The lowest BCUT2D eigenvalue weighted by Crippen LogP contribution is -2.24. The number of hydrogen-bond acceptors (Lipinski definition) is 5. The second-order valence-electron chi connectivity index (χ2n) is 6.23. The van der Waals surface area contributed by atoms with Crippen molar-refractivity contribution in [3.63, 3.8) is 0 Å². The molecule has 0 radical (unpaired) electrons. The Morgan fingerprint density at radius 1 is 1.00 bits per heavy atom. The van der Waals surface area contributed by atoms with Gasteiger partial charge in [-0.05, 0) is 30.5 Å². The summed E-state index contributed by atoms with van der Waals surface area (Å²) in [6, 6.07) is 16.5. The molecule has 1 N–H and O–H groups in total. The SMILES string of the molecule is CCCN(CCC)c1ccc(/C=N\Nc2nncc3ccccc23)cc1. The first kappa shape index (κ1) is 17.9. The molecule has 2 aromatic carbocycles. The highest BCUT2D eigenvalue weighted by Crippen LogP contribution is 2.19. The Morgan fingerprint density at radius 3 is 2.46 bits per heavy atom. The van der Waals surface area contributed by atoms with Crippen molar-refractivity contribution >= 4 is 28.5 Å². The Morgan fingerprint density at radius 2 is 1.73 bits per heavy atom. The van der Waals surface area contributed by atoms with E-state index in [1.807, 2.05) is 24.3 Å². The maximum Gasteiger partial charge on any atom is 0.176 e. The lowest BCUT2D eigenvalue weighted by molar-refractivity contribution is 0.745.